The zero-order valence-corrected chi connectivity index (χ0v) is 28.3. The van der Waals surface area contributed by atoms with Crippen molar-refractivity contribution < 1.29 is 33.6 Å². The molecule has 18 nitrogen and oxygen atoms in total. The Balaban J connectivity index is 2.74. The van der Waals surface area contributed by atoms with E-state index in [1.165, 1.54) is 20.8 Å². The molecule has 0 bridgehead atoms. The van der Waals surface area contributed by atoms with Gasteiger partial charge in [-0.3, -0.25) is 38.6 Å². The molecule has 0 saturated carbocycles. The first-order valence-electron chi connectivity index (χ1n) is 16.0. The zero-order valence-electron chi connectivity index (χ0n) is 28.3. The van der Waals surface area contributed by atoms with Crippen LogP contribution >= 0.6 is 0 Å². The predicted molar refractivity (Wildman–Crippen MR) is 182 cm³/mol. The number of guanidine groups is 1. The molecular formula is C31H51N11O7. The first-order chi connectivity index (χ1) is 23.1. The number of aliphatic imine (C=N–C) groups is 1. The predicted octanol–water partition coefficient (Wildman–Crippen LogP) is -3.50. The van der Waals surface area contributed by atoms with Crippen molar-refractivity contribution in [3.63, 3.8) is 0 Å². The molecule has 0 saturated heterocycles. The molecule has 5 atom stereocenters. The number of amides is 7. The second-order valence-electron chi connectivity index (χ2n) is 11.4. The maximum absolute atomic E-state index is 13.0. The van der Waals surface area contributed by atoms with Crippen LogP contribution in [0.3, 0.4) is 0 Å². The lowest BCUT2D eigenvalue weighted by Gasteiger charge is -2.23. The first-order valence-corrected chi connectivity index (χ1v) is 16.0. The number of carbonyl (C=O) groups excluding carboxylic acids is 7. The van der Waals surface area contributed by atoms with E-state index in [1.807, 2.05) is 6.07 Å². The van der Waals surface area contributed by atoms with Crippen LogP contribution in [-0.2, 0) is 40.0 Å². The third-order valence-electron chi connectivity index (χ3n) is 7.11. The maximum atomic E-state index is 13.0. The van der Waals surface area contributed by atoms with Crippen LogP contribution in [0.1, 0.15) is 58.4 Å². The van der Waals surface area contributed by atoms with Crippen LogP contribution < -0.4 is 54.8 Å². The Kier molecular flexibility index (Phi) is 19.0. The fourth-order valence-corrected chi connectivity index (χ4v) is 4.48. The molecule has 49 heavy (non-hydrogen) atoms. The van der Waals surface area contributed by atoms with Gasteiger partial charge in [0.15, 0.2) is 5.96 Å². The molecule has 0 heterocycles. The lowest BCUT2D eigenvalue weighted by Crippen LogP contribution is -2.56. The van der Waals surface area contributed by atoms with E-state index in [0.717, 1.165) is 5.56 Å². The van der Waals surface area contributed by atoms with Gasteiger partial charge in [0, 0.05) is 19.9 Å². The number of nitrogens with two attached hydrogens (primary N) is 4. The van der Waals surface area contributed by atoms with Gasteiger partial charge in [-0.15, -0.1) is 0 Å². The van der Waals surface area contributed by atoms with E-state index in [2.05, 4.69) is 36.9 Å². The second-order valence-corrected chi connectivity index (χ2v) is 11.4. The SMILES string of the molecule is CC(=O)N[C@@H](Cc1ccccc1)C(=O)N[C@@H](C)C(=O)N[C@@H](C)C(=O)NCC(=O)N[C@@H](CCCN=C(N)N)C(=O)N[C@@H](CCCCN)C(N)=O. The Morgan fingerprint density at radius 2 is 1.29 bits per heavy atom. The maximum Gasteiger partial charge on any atom is 0.243 e. The minimum absolute atomic E-state index is 0.0980. The summed E-state index contributed by atoms with van der Waals surface area (Å²) in [6, 6.07) is 3.79. The molecule has 1 aromatic carbocycles. The molecule has 272 valence electrons. The van der Waals surface area contributed by atoms with Crippen LogP contribution in [0.15, 0.2) is 35.3 Å². The highest BCUT2D eigenvalue weighted by molar-refractivity contribution is 5.95. The number of hydrogen-bond acceptors (Lipinski definition) is 9. The van der Waals surface area contributed by atoms with Crippen molar-refractivity contribution in [2.45, 2.75) is 89.5 Å². The number of nitrogens with zero attached hydrogens (tertiary/aromatic N) is 1. The smallest absolute Gasteiger partial charge is 0.243 e. The molecule has 0 unspecified atom stereocenters. The molecule has 0 aliphatic carbocycles. The third-order valence-corrected chi connectivity index (χ3v) is 7.11. The van der Waals surface area contributed by atoms with Gasteiger partial charge in [-0.05, 0) is 58.1 Å². The van der Waals surface area contributed by atoms with Crippen LogP contribution in [0.25, 0.3) is 0 Å². The van der Waals surface area contributed by atoms with Crippen LogP contribution in [-0.4, -0.2) is 97.2 Å². The number of hydrogen-bond donors (Lipinski definition) is 10. The zero-order chi connectivity index (χ0) is 36.9. The topological polar surface area (TPSA) is 308 Å². The molecule has 0 spiro atoms. The van der Waals surface area contributed by atoms with Crippen molar-refractivity contribution in [2.24, 2.45) is 27.9 Å². The first kappa shape index (κ1) is 41.8. The summed E-state index contributed by atoms with van der Waals surface area (Å²) in [6.07, 6.45) is 2.02. The van der Waals surface area contributed by atoms with Gasteiger partial charge in [0.1, 0.15) is 30.2 Å². The number of unbranched alkanes of at least 4 members (excludes halogenated alkanes) is 1. The average Bonchev–Trinajstić information content (AvgIpc) is 3.04. The summed E-state index contributed by atoms with van der Waals surface area (Å²) in [5, 5.41) is 15.0. The van der Waals surface area contributed by atoms with E-state index in [0.29, 0.717) is 25.8 Å². The van der Waals surface area contributed by atoms with Crippen molar-refractivity contribution in [3.05, 3.63) is 35.9 Å². The molecule has 0 radical (unpaired) electrons. The highest BCUT2D eigenvalue weighted by Crippen LogP contribution is 2.05. The molecule has 0 aliphatic heterocycles. The third kappa shape index (κ3) is 17.5. The molecule has 1 aromatic rings. The van der Waals surface area contributed by atoms with Crippen LogP contribution in [0, 0.1) is 0 Å². The highest BCUT2D eigenvalue weighted by Gasteiger charge is 2.27. The number of carbonyl (C=O) groups is 7. The number of primary amides is 1. The second kappa shape index (κ2) is 22.3. The summed E-state index contributed by atoms with van der Waals surface area (Å²) in [7, 11) is 0. The normalized spacial score (nSPS) is 13.6. The van der Waals surface area contributed by atoms with Gasteiger partial charge in [0.2, 0.25) is 41.4 Å². The van der Waals surface area contributed by atoms with Gasteiger partial charge in [0.05, 0.1) is 6.54 Å². The van der Waals surface area contributed by atoms with Gasteiger partial charge >= 0.3 is 0 Å². The van der Waals surface area contributed by atoms with Crippen molar-refractivity contribution in [1.82, 2.24) is 31.9 Å². The van der Waals surface area contributed by atoms with Crippen molar-refractivity contribution in [2.75, 3.05) is 19.6 Å². The Morgan fingerprint density at radius 1 is 0.694 bits per heavy atom. The van der Waals surface area contributed by atoms with E-state index < -0.39 is 78.1 Å². The molecule has 1 rings (SSSR count). The van der Waals surface area contributed by atoms with E-state index in [-0.39, 0.29) is 31.8 Å². The summed E-state index contributed by atoms with van der Waals surface area (Å²) in [5.74, 6) is -4.69. The minimum Gasteiger partial charge on any atom is -0.370 e. The Hall–Kier alpha value is -5.26. The monoisotopic (exact) mass is 689 g/mol. The van der Waals surface area contributed by atoms with Crippen LogP contribution in [0.4, 0.5) is 0 Å². The Morgan fingerprint density at radius 3 is 1.88 bits per heavy atom. The van der Waals surface area contributed by atoms with E-state index >= 15 is 0 Å². The summed E-state index contributed by atoms with van der Waals surface area (Å²) in [5.41, 5.74) is 22.4. The molecule has 0 fully saturated rings. The van der Waals surface area contributed by atoms with Gasteiger partial charge < -0.3 is 54.8 Å². The van der Waals surface area contributed by atoms with E-state index in [1.54, 1.807) is 24.3 Å². The summed E-state index contributed by atoms with van der Waals surface area (Å²) in [6.45, 7) is 4.10. The molecule has 18 heteroatoms. The standard InChI is InChI=1S/C31H51N11O7/c1-18(38-28(47)19(2)39-30(49)24(40-20(3)43)16-21-10-5-4-6-11-21)27(46)37-17-25(44)41-23(13-9-15-36-31(34)35)29(48)42-22(26(33)45)12-7-8-14-32/h4-6,10-11,18-19,22-24H,7-9,12-17,32H2,1-3H3,(H2,33,45)(H,37,46)(H,38,47)(H,39,49)(H,40,43)(H,41,44)(H,42,48)(H4,34,35,36)/t18-,19-,22-,23-,24-/m0/s1. The molecule has 0 aliphatic rings. The van der Waals surface area contributed by atoms with Gasteiger partial charge in [-0.2, -0.15) is 0 Å². The van der Waals surface area contributed by atoms with Crippen molar-refractivity contribution >= 4 is 47.3 Å². The summed E-state index contributed by atoms with van der Waals surface area (Å²) in [4.78, 5) is 91.5. The highest BCUT2D eigenvalue weighted by atomic mass is 16.2. The largest absolute Gasteiger partial charge is 0.370 e. The summed E-state index contributed by atoms with van der Waals surface area (Å²) < 4.78 is 0. The number of nitrogens with one attached hydrogen (secondary N) is 6. The lowest BCUT2D eigenvalue weighted by atomic mass is 10.0. The van der Waals surface area contributed by atoms with E-state index in [9.17, 15) is 33.6 Å². The number of rotatable bonds is 22. The molecule has 7 amide bonds. The molecule has 14 N–H and O–H groups in total. The van der Waals surface area contributed by atoms with Crippen molar-refractivity contribution in [1.29, 1.82) is 0 Å². The lowest BCUT2D eigenvalue weighted by molar-refractivity contribution is -0.133. The fraction of sp³-hybridized carbons (Fsp3) is 0.548. The fourth-order valence-electron chi connectivity index (χ4n) is 4.48. The van der Waals surface area contributed by atoms with Gasteiger partial charge in [-0.25, -0.2) is 0 Å². The Labute approximate surface area is 285 Å². The Bertz CT molecular complexity index is 1310. The quantitative estimate of drug-likeness (QED) is 0.0325. The van der Waals surface area contributed by atoms with Gasteiger partial charge in [0.25, 0.3) is 0 Å². The summed E-state index contributed by atoms with van der Waals surface area (Å²) >= 11 is 0. The number of benzene rings is 1. The minimum atomic E-state index is -1.11. The van der Waals surface area contributed by atoms with Crippen LogP contribution in [0.5, 0.6) is 0 Å². The van der Waals surface area contributed by atoms with Crippen LogP contribution in [0.2, 0.25) is 0 Å². The average molecular weight is 690 g/mol. The van der Waals surface area contributed by atoms with Gasteiger partial charge in [-0.1, -0.05) is 30.3 Å². The van der Waals surface area contributed by atoms with Crippen molar-refractivity contribution in [3.8, 4) is 0 Å². The van der Waals surface area contributed by atoms with E-state index in [4.69, 9.17) is 22.9 Å². The molecule has 0 aromatic heterocycles. The molecular weight excluding hydrogens is 638 g/mol.